The lowest BCUT2D eigenvalue weighted by molar-refractivity contribution is -0.122. The molecule has 1 aromatic rings. The Labute approximate surface area is 144 Å². The van der Waals surface area contributed by atoms with Gasteiger partial charge in [0.15, 0.2) is 0 Å². The second-order valence-electron chi connectivity index (χ2n) is 5.60. The molecule has 6 nitrogen and oxygen atoms in total. The molecule has 0 fully saturated rings. The molecule has 1 aromatic carbocycles. The number of likely N-dealkylation sites (N-methyl/N-ethyl adjacent to an activating group) is 1. The highest BCUT2D eigenvalue weighted by Gasteiger charge is 2.40. The molecule has 8 heteroatoms. The molecule has 0 heterocycles. The quantitative estimate of drug-likeness (QED) is 0.437. The number of aryl methyl sites for hydroxylation is 1. The second-order valence-corrected chi connectivity index (χ2v) is 6.71. The summed E-state index contributed by atoms with van der Waals surface area (Å²) in [7, 11) is 1.62. The van der Waals surface area contributed by atoms with Gasteiger partial charge in [0, 0.05) is 13.1 Å². The SMILES string of the molecule is CNC(=S)C(CC(=O)NC(C)C)(NS(=O)O)c1ccc(C)cc1. The van der Waals surface area contributed by atoms with E-state index in [9.17, 15) is 13.6 Å². The van der Waals surface area contributed by atoms with Crippen LogP contribution < -0.4 is 15.4 Å². The summed E-state index contributed by atoms with van der Waals surface area (Å²) in [5.41, 5.74) is 0.412. The van der Waals surface area contributed by atoms with Gasteiger partial charge in [-0.15, -0.1) is 0 Å². The molecule has 0 bridgehead atoms. The fourth-order valence-electron chi connectivity index (χ4n) is 2.27. The van der Waals surface area contributed by atoms with Gasteiger partial charge in [-0.3, -0.25) is 9.35 Å². The molecule has 128 valence electrons. The van der Waals surface area contributed by atoms with E-state index in [1.165, 1.54) is 0 Å². The van der Waals surface area contributed by atoms with Gasteiger partial charge >= 0.3 is 0 Å². The van der Waals surface area contributed by atoms with Crippen LogP contribution in [0.4, 0.5) is 0 Å². The zero-order valence-electron chi connectivity index (χ0n) is 13.7. The topological polar surface area (TPSA) is 90.5 Å². The lowest BCUT2D eigenvalue weighted by Gasteiger charge is -2.34. The number of carbonyl (C=O) groups is 1. The van der Waals surface area contributed by atoms with Crippen molar-refractivity contribution in [2.24, 2.45) is 0 Å². The molecule has 0 saturated carbocycles. The monoisotopic (exact) mass is 357 g/mol. The Bertz CT molecular complexity index is 590. The number of carbonyl (C=O) groups excluding carboxylic acids is 1. The van der Waals surface area contributed by atoms with E-state index in [1.54, 1.807) is 19.2 Å². The van der Waals surface area contributed by atoms with Gasteiger partial charge in [0.1, 0.15) is 10.5 Å². The van der Waals surface area contributed by atoms with Gasteiger partial charge in [0.25, 0.3) is 0 Å². The molecule has 0 aliphatic rings. The smallest absolute Gasteiger partial charge is 0.232 e. The van der Waals surface area contributed by atoms with Crippen molar-refractivity contribution in [3.05, 3.63) is 35.4 Å². The number of rotatable bonds is 7. The molecule has 0 spiro atoms. The highest BCUT2D eigenvalue weighted by Crippen LogP contribution is 2.28. The summed E-state index contributed by atoms with van der Waals surface area (Å²) < 4.78 is 23.4. The third-order valence-corrected chi connectivity index (χ3v) is 4.37. The summed E-state index contributed by atoms with van der Waals surface area (Å²) in [5.74, 6) is -0.267. The molecule has 1 rings (SSSR count). The van der Waals surface area contributed by atoms with E-state index in [1.807, 2.05) is 32.9 Å². The Hall–Kier alpha value is -1.35. The van der Waals surface area contributed by atoms with Crippen molar-refractivity contribution in [2.75, 3.05) is 7.05 Å². The maximum Gasteiger partial charge on any atom is 0.232 e. The van der Waals surface area contributed by atoms with Gasteiger partial charge in [-0.05, 0) is 26.3 Å². The minimum Gasteiger partial charge on any atom is -0.381 e. The van der Waals surface area contributed by atoms with Crippen molar-refractivity contribution in [2.45, 2.75) is 38.8 Å². The summed E-state index contributed by atoms with van der Waals surface area (Å²) >= 11 is 3.01. The van der Waals surface area contributed by atoms with Gasteiger partial charge in [0.2, 0.25) is 17.2 Å². The molecule has 2 unspecified atom stereocenters. The molecule has 0 radical (unpaired) electrons. The van der Waals surface area contributed by atoms with Gasteiger partial charge in [-0.25, -0.2) is 4.21 Å². The molecular weight excluding hydrogens is 334 g/mol. The van der Waals surface area contributed by atoms with E-state index in [4.69, 9.17) is 12.2 Å². The molecule has 0 aliphatic carbocycles. The largest absolute Gasteiger partial charge is 0.381 e. The van der Waals surface area contributed by atoms with Crippen LogP contribution in [0.25, 0.3) is 0 Å². The Morgan fingerprint density at radius 1 is 1.35 bits per heavy atom. The van der Waals surface area contributed by atoms with E-state index < -0.39 is 16.8 Å². The summed E-state index contributed by atoms with van der Waals surface area (Å²) in [6.45, 7) is 5.63. The second kappa shape index (κ2) is 8.49. The highest BCUT2D eigenvalue weighted by atomic mass is 32.2. The van der Waals surface area contributed by atoms with Gasteiger partial charge < -0.3 is 10.6 Å². The van der Waals surface area contributed by atoms with Crippen LogP contribution in [0.15, 0.2) is 24.3 Å². The maximum atomic E-state index is 12.3. The van der Waals surface area contributed by atoms with Crippen molar-refractivity contribution >= 4 is 34.4 Å². The predicted octanol–water partition coefficient (Wildman–Crippen LogP) is 1.38. The van der Waals surface area contributed by atoms with E-state index >= 15 is 0 Å². The van der Waals surface area contributed by atoms with E-state index in [-0.39, 0.29) is 23.4 Å². The van der Waals surface area contributed by atoms with Crippen molar-refractivity contribution in [3.63, 3.8) is 0 Å². The first-order valence-corrected chi connectivity index (χ1v) is 8.70. The average molecular weight is 358 g/mol. The van der Waals surface area contributed by atoms with E-state index in [0.717, 1.165) is 5.56 Å². The van der Waals surface area contributed by atoms with E-state index in [0.29, 0.717) is 5.56 Å². The normalized spacial score (nSPS) is 14.9. The van der Waals surface area contributed by atoms with Crippen LogP contribution >= 0.6 is 12.2 Å². The van der Waals surface area contributed by atoms with Crippen LogP contribution in [0.5, 0.6) is 0 Å². The molecule has 4 N–H and O–H groups in total. The summed E-state index contributed by atoms with van der Waals surface area (Å²) in [4.78, 5) is 12.6. The fraction of sp³-hybridized carbons (Fsp3) is 0.467. The van der Waals surface area contributed by atoms with Crippen LogP contribution in [0.3, 0.4) is 0 Å². The van der Waals surface area contributed by atoms with E-state index in [2.05, 4.69) is 15.4 Å². The molecule has 1 amide bonds. The third-order valence-electron chi connectivity index (χ3n) is 3.30. The summed E-state index contributed by atoms with van der Waals surface area (Å²) in [5, 5.41) is 5.61. The lowest BCUT2D eigenvalue weighted by Crippen LogP contribution is -2.55. The highest BCUT2D eigenvalue weighted by molar-refractivity contribution is 7.80. The zero-order valence-corrected chi connectivity index (χ0v) is 15.3. The lowest BCUT2D eigenvalue weighted by atomic mass is 9.86. The van der Waals surface area contributed by atoms with Crippen LogP contribution in [0.2, 0.25) is 0 Å². The minimum atomic E-state index is -2.35. The van der Waals surface area contributed by atoms with Crippen LogP contribution in [-0.4, -0.2) is 32.7 Å². The molecule has 0 aliphatic heterocycles. The standard InChI is InChI=1S/C15H23N3O3S2/c1-10(2)17-13(19)9-15(14(22)16-4,18-23(20)21)12-7-5-11(3)6-8-12/h5-8,10,18H,9H2,1-4H3,(H,16,22)(H,17,19)(H,20,21). The minimum absolute atomic E-state index is 0.0407. The third kappa shape index (κ3) is 5.35. The van der Waals surface area contributed by atoms with Crippen molar-refractivity contribution in [1.82, 2.24) is 15.4 Å². The van der Waals surface area contributed by atoms with Crippen LogP contribution in [-0.2, 0) is 21.6 Å². The van der Waals surface area contributed by atoms with Crippen molar-refractivity contribution in [3.8, 4) is 0 Å². The predicted molar refractivity (Wildman–Crippen MR) is 96.3 cm³/mol. The fourth-order valence-corrected chi connectivity index (χ4v) is 3.16. The number of hydrogen-bond acceptors (Lipinski definition) is 3. The number of nitrogens with one attached hydrogen (secondary N) is 3. The molecule has 0 aromatic heterocycles. The number of hydrogen-bond donors (Lipinski definition) is 4. The Morgan fingerprint density at radius 2 is 1.91 bits per heavy atom. The Kier molecular flexibility index (Phi) is 7.27. The maximum absolute atomic E-state index is 12.3. The Balaban J connectivity index is 3.34. The van der Waals surface area contributed by atoms with Crippen molar-refractivity contribution in [1.29, 1.82) is 0 Å². The Morgan fingerprint density at radius 3 is 2.35 bits per heavy atom. The molecule has 2 atom stereocenters. The van der Waals surface area contributed by atoms with Gasteiger partial charge in [0.05, 0.1) is 6.42 Å². The number of benzene rings is 1. The van der Waals surface area contributed by atoms with Crippen LogP contribution in [0, 0.1) is 6.92 Å². The number of thiocarbonyl (C=S) groups is 1. The molecular formula is C15H23N3O3S2. The summed E-state index contributed by atoms with van der Waals surface area (Å²) in [6.07, 6.45) is -0.0970. The van der Waals surface area contributed by atoms with Crippen molar-refractivity contribution < 1.29 is 13.6 Å². The molecule has 23 heavy (non-hydrogen) atoms. The first-order chi connectivity index (χ1) is 10.7. The average Bonchev–Trinajstić information content (AvgIpc) is 2.44. The van der Waals surface area contributed by atoms with Crippen LogP contribution in [0.1, 0.15) is 31.4 Å². The number of amides is 1. The van der Waals surface area contributed by atoms with Gasteiger partial charge in [-0.2, -0.15) is 4.72 Å². The zero-order chi connectivity index (χ0) is 17.6. The summed E-state index contributed by atoms with van der Waals surface area (Å²) in [6, 6.07) is 7.28. The first-order valence-electron chi connectivity index (χ1n) is 7.18. The molecule has 0 saturated heterocycles. The van der Waals surface area contributed by atoms with Gasteiger partial charge in [-0.1, -0.05) is 42.0 Å². The first kappa shape index (κ1) is 19.7.